The third-order valence-electron chi connectivity index (χ3n) is 4.52. The molecule has 4 heteroatoms. The Morgan fingerprint density at radius 2 is 2.20 bits per heavy atom. The van der Waals surface area contributed by atoms with Crippen LogP contribution in [-0.2, 0) is 0 Å². The number of carbonyl (C=O) groups excluding carboxylic acids is 1. The fraction of sp³-hybridized carbons (Fsp3) is 0.438. The van der Waals surface area contributed by atoms with Gasteiger partial charge in [0.1, 0.15) is 5.58 Å². The highest BCUT2D eigenvalue weighted by molar-refractivity contribution is 5.96. The first kappa shape index (κ1) is 12.0. The van der Waals surface area contributed by atoms with Gasteiger partial charge in [-0.3, -0.25) is 4.79 Å². The van der Waals surface area contributed by atoms with Crippen molar-refractivity contribution in [2.24, 2.45) is 5.92 Å². The average molecular weight is 270 g/mol. The molecule has 1 N–H and O–H groups in total. The Labute approximate surface area is 117 Å². The van der Waals surface area contributed by atoms with Gasteiger partial charge in [-0.25, -0.2) is 0 Å². The van der Waals surface area contributed by atoms with Crippen LogP contribution >= 0.6 is 0 Å². The maximum Gasteiger partial charge on any atom is 0.289 e. The van der Waals surface area contributed by atoms with Gasteiger partial charge in [0.2, 0.25) is 0 Å². The summed E-state index contributed by atoms with van der Waals surface area (Å²) in [6.07, 6.45) is 2.44. The molecule has 2 unspecified atom stereocenters. The number of hydrogen-bond donors (Lipinski definition) is 1. The van der Waals surface area contributed by atoms with E-state index in [1.165, 1.54) is 12.8 Å². The van der Waals surface area contributed by atoms with Gasteiger partial charge in [0.25, 0.3) is 5.91 Å². The molecule has 4 nitrogen and oxygen atoms in total. The molecule has 2 atom stereocenters. The van der Waals surface area contributed by atoms with Crippen LogP contribution in [-0.4, -0.2) is 36.5 Å². The summed E-state index contributed by atoms with van der Waals surface area (Å²) in [6, 6.07) is 10.1. The monoisotopic (exact) mass is 270 g/mol. The normalized spacial score (nSPS) is 25.9. The smallest absolute Gasteiger partial charge is 0.289 e. The van der Waals surface area contributed by atoms with Gasteiger partial charge in [0.15, 0.2) is 5.76 Å². The number of benzene rings is 1. The minimum absolute atomic E-state index is 0.0254. The highest BCUT2D eigenvalue weighted by Crippen LogP contribution is 2.27. The molecule has 2 aromatic rings. The molecule has 4 rings (SSSR count). The van der Waals surface area contributed by atoms with E-state index in [1.807, 2.05) is 35.2 Å². The molecular formula is C16H18N2O2. The number of piperidine rings is 1. The number of nitrogens with one attached hydrogen (secondary N) is 1. The Morgan fingerprint density at radius 3 is 3.05 bits per heavy atom. The summed E-state index contributed by atoms with van der Waals surface area (Å²) >= 11 is 0. The minimum Gasteiger partial charge on any atom is -0.451 e. The number of carbonyl (C=O) groups is 1. The van der Waals surface area contributed by atoms with Crippen molar-refractivity contribution in [3.63, 3.8) is 0 Å². The van der Waals surface area contributed by atoms with Crippen molar-refractivity contribution in [2.75, 3.05) is 19.6 Å². The first-order valence-corrected chi connectivity index (χ1v) is 7.32. The molecule has 2 aliphatic rings. The molecular weight excluding hydrogens is 252 g/mol. The van der Waals surface area contributed by atoms with E-state index in [1.54, 1.807) is 0 Å². The van der Waals surface area contributed by atoms with Gasteiger partial charge in [0, 0.05) is 24.5 Å². The summed E-state index contributed by atoms with van der Waals surface area (Å²) in [5.41, 5.74) is 0.783. The second-order valence-corrected chi connectivity index (χ2v) is 5.82. The van der Waals surface area contributed by atoms with Crippen LogP contribution in [0.5, 0.6) is 0 Å². The summed E-state index contributed by atoms with van der Waals surface area (Å²) in [7, 11) is 0. The molecule has 0 radical (unpaired) electrons. The number of fused-ring (bicyclic) bond motifs is 2. The number of furan rings is 1. The predicted molar refractivity (Wildman–Crippen MR) is 76.6 cm³/mol. The van der Waals surface area contributed by atoms with E-state index in [0.717, 1.165) is 30.6 Å². The molecule has 3 heterocycles. The van der Waals surface area contributed by atoms with Gasteiger partial charge in [0.05, 0.1) is 0 Å². The van der Waals surface area contributed by atoms with Gasteiger partial charge in [-0.1, -0.05) is 18.2 Å². The maximum atomic E-state index is 12.6. The standard InChI is InChI=1S/C16H18N2O2/c19-16(15-8-11-4-1-2-6-14(11)20-15)18-9-12-5-3-7-17-13(12)10-18/h1-2,4,6,8,12-13,17H,3,5,7,9-10H2. The topological polar surface area (TPSA) is 45.5 Å². The molecule has 0 aliphatic carbocycles. The van der Waals surface area contributed by atoms with Crippen LogP contribution in [0.25, 0.3) is 11.0 Å². The van der Waals surface area contributed by atoms with Crippen LogP contribution in [0.1, 0.15) is 23.4 Å². The third kappa shape index (κ3) is 1.91. The molecule has 1 amide bonds. The summed E-state index contributed by atoms with van der Waals surface area (Å²) in [5.74, 6) is 1.10. The average Bonchev–Trinajstić information content (AvgIpc) is 3.10. The van der Waals surface area contributed by atoms with Crippen molar-refractivity contribution < 1.29 is 9.21 Å². The SMILES string of the molecule is O=C(c1cc2ccccc2o1)N1CC2CCCNC2C1. The van der Waals surface area contributed by atoms with E-state index in [4.69, 9.17) is 4.42 Å². The number of hydrogen-bond acceptors (Lipinski definition) is 3. The molecule has 0 spiro atoms. The Morgan fingerprint density at radius 1 is 1.30 bits per heavy atom. The van der Waals surface area contributed by atoms with Crippen molar-refractivity contribution in [3.8, 4) is 0 Å². The highest BCUT2D eigenvalue weighted by atomic mass is 16.3. The van der Waals surface area contributed by atoms with Crippen LogP contribution in [0.2, 0.25) is 0 Å². The predicted octanol–water partition coefficient (Wildman–Crippen LogP) is 2.26. The highest BCUT2D eigenvalue weighted by Gasteiger charge is 2.37. The van der Waals surface area contributed by atoms with E-state index in [9.17, 15) is 4.79 Å². The van der Waals surface area contributed by atoms with Crippen LogP contribution < -0.4 is 5.32 Å². The van der Waals surface area contributed by atoms with E-state index in [0.29, 0.717) is 17.7 Å². The fourth-order valence-corrected chi connectivity index (χ4v) is 3.46. The van der Waals surface area contributed by atoms with Crippen molar-refractivity contribution in [3.05, 3.63) is 36.1 Å². The summed E-state index contributed by atoms with van der Waals surface area (Å²) in [6.45, 7) is 2.74. The summed E-state index contributed by atoms with van der Waals surface area (Å²) in [4.78, 5) is 14.5. The first-order chi connectivity index (χ1) is 9.81. The lowest BCUT2D eigenvalue weighted by atomic mass is 9.94. The van der Waals surface area contributed by atoms with Crippen molar-refractivity contribution >= 4 is 16.9 Å². The molecule has 0 bridgehead atoms. The molecule has 0 saturated carbocycles. The van der Waals surface area contributed by atoms with E-state index >= 15 is 0 Å². The third-order valence-corrected chi connectivity index (χ3v) is 4.52. The van der Waals surface area contributed by atoms with Crippen LogP contribution in [0.4, 0.5) is 0 Å². The lowest BCUT2D eigenvalue weighted by molar-refractivity contribution is 0.0756. The molecule has 2 aliphatic heterocycles. The number of likely N-dealkylation sites (tertiary alicyclic amines) is 1. The van der Waals surface area contributed by atoms with Crippen molar-refractivity contribution in [2.45, 2.75) is 18.9 Å². The zero-order valence-corrected chi connectivity index (χ0v) is 11.3. The zero-order chi connectivity index (χ0) is 13.5. The zero-order valence-electron chi connectivity index (χ0n) is 11.3. The Kier molecular flexibility index (Phi) is 2.77. The Balaban J connectivity index is 1.58. The number of para-hydroxylation sites is 1. The lowest BCUT2D eigenvalue weighted by Gasteiger charge is -2.24. The first-order valence-electron chi connectivity index (χ1n) is 7.32. The fourth-order valence-electron chi connectivity index (χ4n) is 3.46. The Bertz CT molecular complexity index is 602. The summed E-state index contributed by atoms with van der Waals surface area (Å²) < 4.78 is 5.68. The maximum absolute atomic E-state index is 12.6. The van der Waals surface area contributed by atoms with Gasteiger partial charge in [-0.15, -0.1) is 0 Å². The Hall–Kier alpha value is -1.81. The molecule has 104 valence electrons. The van der Waals surface area contributed by atoms with Crippen molar-refractivity contribution in [1.29, 1.82) is 0 Å². The second-order valence-electron chi connectivity index (χ2n) is 5.82. The molecule has 2 saturated heterocycles. The number of amides is 1. The quantitative estimate of drug-likeness (QED) is 0.864. The lowest BCUT2D eigenvalue weighted by Crippen LogP contribution is -2.41. The molecule has 20 heavy (non-hydrogen) atoms. The van der Waals surface area contributed by atoms with Crippen LogP contribution in [0.15, 0.2) is 34.7 Å². The van der Waals surface area contributed by atoms with Gasteiger partial charge >= 0.3 is 0 Å². The van der Waals surface area contributed by atoms with E-state index in [-0.39, 0.29) is 5.91 Å². The minimum atomic E-state index is 0.0254. The van der Waals surface area contributed by atoms with Gasteiger partial charge < -0.3 is 14.6 Å². The van der Waals surface area contributed by atoms with Crippen molar-refractivity contribution in [1.82, 2.24) is 10.2 Å². The van der Waals surface area contributed by atoms with E-state index < -0.39 is 0 Å². The number of rotatable bonds is 1. The van der Waals surface area contributed by atoms with Crippen LogP contribution in [0, 0.1) is 5.92 Å². The molecule has 2 fully saturated rings. The molecule has 1 aromatic heterocycles. The number of nitrogens with zero attached hydrogens (tertiary/aromatic N) is 1. The van der Waals surface area contributed by atoms with Gasteiger partial charge in [-0.05, 0) is 37.4 Å². The summed E-state index contributed by atoms with van der Waals surface area (Å²) in [5, 5.41) is 4.51. The largest absolute Gasteiger partial charge is 0.451 e. The van der Waals surface area contributed by atoms with Crippen LogP contribution in [0.3, 0.4) is 0 Å². The van der Waals surface area contributed by atoms with E-state index in [2.05, 4.69) is 5.32 Å². The van der Waals surface area contributed by atoms with Gasteiger partial charge in [-0.2, -0.15) is 0 Å². The second kappa shape index (κ2) is 4.63. The molecule has 1 aromatic carbocycles.